The van der Waals surface area contributed by atoms with Gasteiger partial charge < -0.3 is 20.5 Å². The van der Waals surface area contributed by atoms with Crippen molar-refractivity contribution in [2.24, 2.45) is 5.92 Å². The maximum Gasteiger partial charge on any atom is 0.319 e. The summed E-state index contributed by atoms with van der Waals surface area (Å²) in [5.74, 6) is -2.46. The summed E-state index contributed by atoms with van der Waals surface area (Å²) in [5, 5.41) is 19.8. The normalized spacial score (nSPS) is 22.3. The number of rotatable bonds is 6. The molecule has 2 aromatic carbocycles. The number of aromatic nitrogens is 2. The van der Waals surface area contributed by atoms with Crippen LogP contribution >= 0.6 is 22.9 Å². The summed E-state index contributed by atoms with van der Waals surface area (Å²) in [7, 11) is 0. The molecule has 7 rings (SSSR count). The van der Waals surface area contributed by atoms with E-state index in [0.29, 0.717) is 44.7 Å². The van der Waals surface area contributed by atoms with Crippen LogP contribution in [0.1, 0.15) is 37.7 Å². The second-order valence-corrected chi connectivity index (χ2v) is 13.4. The van der Waals surface area contributed by atoms with E-state index >= 15 is 4.39 Å². The molecule has 4 aromatic rings. The van der Waals surface area contributed by atoms with E-state index in [2.05, 4.69) is 14.9 Å². The molecule has 3 saturated heterocycles. The number of benzene rings is 2. The number of hydrogen-bond donors (Lipinski definition) is 2. The van der Waals surface area contributed by atoms with E-state index in [1.165, 1.54) is 18.2 Å². The number of carboxylic acids is 1. The van der Waals surface area contributed by atoms with Gasteiger partial charge in [-0.1, -0.05) is 17.7 Å². The maximum absolute atomic E-state index is 16.8. The topological polar surface area (TPSA) is 129 Å². The van der Waals surface area contributed by atoms with Crippen molar-refractivity contribution < 1.29 is 27.8 Å². The maximum atomic E-state index is 16.8. The molecule has 3 aliphatic heterocycles. The van der Waals surface area contributed by atoms with Gasteiger partial charge in [-0.15, -0.1) is 11.3 Å². The van der Waals surface area contributed by atoms with Gasteiger partial charge in [-0.3, -0.25) is 9.69 Å². The van der Waals surface area contributed by atoms with E-state index in [4.69, 9.17) is 22.1 Å². The molecule has 5 heterocycles. The molecule has 9 nitrogen and oxygen atoms in total. The Morgan fingerprint density at radius 3 is 2.78 bits per heavy atom. The van der Waals surface area contributed by atoms with Gasteiger partial charge in [0.2, 0.25) is 0 Å². The Hall–Kier alpha value is -3.86. The van der Waals surface area contributed by atoms with Crippen molar-refractivity contribution in [3.8, 4) is 23.2 Å². The number of carbonyl (C=O) groups is 1. The summed E-state index contributed by atoms with van der Waals surface area (Å²) in [5.41, 5.74) is 5.55. The van der Waals surface area contributed by atoms with Crippen LogP contribution in [0.5, 0.6) is 6.01 Å². The standard InChI is InChI=1S/C31H28ClF3N6O3S/c32-20-10-18-25(24(35)23(20)17-2-3-21(34)26-22(17)19(12-36)27(37)45-26)38-30(39-28(18)40-8-4-15(5-9-40)29(42)43)44-14-31-6-1-7-41(31)13-16(33)11-31/h2-3,10,15-16H,1,4-9,11,13-14,37H2,(H,42,43)/t16-,31+/m1/s1. The van der Waals surface area contributed by atoms with Crippen LogP contribution in [0.15, 0.2) is 18.2 Å². The van der Waals surface area contributed by atoms with E-state index < -0.39 is 35.2 Å². The number of nitrogens with two attached hydrogens (primary N) is 1. The molecule has 14 heteroatoms. The lowest BCUT2D eigenvalue weighted by molar-refractivity contribution is -0.142. The van der Waals surface area contributed by atoms with E-state index in [1.54, 1.807) is 0 Å². The van der Waals surface area contributed by atoms with Gasteiger partial charge in [0.25, 0.3) is 0 Å². The molecule has 0 radical (unpaired) electrons. The lowest BCUT2D eigenvalue weighted by Crippen LogP contribution is -2.43. The predicted molar refractivity (Wildman–Crippen MR) is 166 cm³/mol. The Labute approximate surface area is 265 Å². The lowest BCUT2D eigenvalue weighted by atomic mass is 9.95. The second kappa shape index (κ2) is 11.2. The van der Waals surface area contributed by atoms with Crippen molar-refractivity contribution in [3.63, 3.8) is 0 Å². The molecule has 2 atom stereocenters. The smallest absolute Gasteiger partial charge is 0.319 e. The van der Waals surface area contributed by atoms with Gasteiger partial charge in [-0.05, 0) is 49.9 Å². The SMILES string of the molecule is N#Cc1c(N)sc2c(F)ccc(-c3c(Cl)cc4c(N5CCC(C(=O)O)CC5)nc(OC[C@@]56CCCN5C[C@H](F)C6)nc4c3F)c12. The summed E-state index contributed by atoms with van der Waals surface area (Å²) >= 11 is 7.65. The number of alkyl halides is 1. The van der Waals surface area contributed by atoms with Crippen molar-refractivity contribution in [1.29, 1.82) is 5.26 Å². The van der Waals surface area contributed by atoms with Gasteiger partial charge in [0.05, 0.1) is 26.7 Å². The first-order valence-corrected chi connectivity index (χ1v) is 15.9. The Morgan fingerprint density at radius 1 is 1.27 bits per heavy atom. The largest absolute Gasteiger partial charge is 0.481 e. The number of nitrogen functional groups attached to an aromatic ring is 1. The first kappa shape index (κ1) is 29.8. The summed E-state index contributed by atoms with van der Waals surface area (Å²) in [4.78, 5) is 24.7. The minimum absolute atomic E-state index is 0.0130. The van der Waals surface area contributed by atoms with Gasteiger partial charge in [0.15, 0.2) is 5.82 Å². The highest BCUT2D eigenvalue weighted by Gasteiger charge is 2.49. The molecule has 3 aliphatic rings. The second-order valence-electron chi connectivity index (χ2n) is 12.0. The Morgan fingerprint density at radius 2 is 2.04 bits per heavy atom. The van der Waals surface area contributed by atoms with Crippen LogP contribution in [0.4, 0.5) is 24.0 Å². The minimum atomic E-state index is -0.961. The number of carboxylic acid groups (broad SMARTS) is 1. The number of nitrogens with zero attached hydrogens (tertiary/aromatic N) is 5. The van der Waals surface area contributed by atoms with Gasteiger partial charge in [0, 0.05) is 42.4 Å². The van der Waals surface area contributed by atoms with Gasteiger partial charge in [0.1, 0.15) is 41.0 Å². The molecule has 0 spiro atoms. The van der Waals surface area contributed by atoms with Crippen LogP contribution in [0.25, 0.3) is 32.1 Å². The average molecular weight is 657 g/mol. The van der Waals surface area contributed by atoms with E-state index in [1.807, 2.05) is 11.0 Å². The molecule has 45 heavy (non-hydrogen) atoms. The number of fused-ring (bicyclic) bond motifs is 3. The van der Waals surface area contributed by atoms with Crippen LogP contribution < -0.4 is 15.4 Å². The van der Waals surface area contributed by atoms with Crippen molar-refractivity contribution in [1.82, 2.24) is 14.9 Å². The quantitative estimate of drug-likeness (QED) is 0.251. The summed E-state index contributed by atoms with van der Waals surface area (Å²) in [6.45, 7) is 1.94. The number of aliphatic carboxylic acids is 1. The fourth-order valence-corrected chi connectivity index (χ4v) is 8.45. The van der Waals surface area contributed by atoms with Gasteiger partial charge in [-0.25, -0.2) is 13.2 Å². The third-order valence-electron chi connectivity index (χ3n) is 9.42. The van der Waals surface area contributed by atoms with Crippen LogP contribution in [-0.4, -0.2) is 70.4 Å². The number of halogens is 4. The van der Waals surface area contributed by atoms with Crippen LogP contribution in [0, 0.1) is 28.9 Å². The highest BCUT2D eigenvalue weighted by atomic mass is 35.5. The van der Waals surface area contributed by atoms with Crippen molar-refractivity contribution in [2.75, 3.05) is 43.4 Å². The summed E-state index contributed by atoms with van der Waals surface area (Å²) in [6, 6.07) is 5.95. The van der Waals surface area contributed by atoms with Crippen LogP contribution in [-0.2, 0) is 4.79 Å². The monoisotopic (exact) mass is 656 g/mol. The van der Waals surface area contributed by atoms with Gasteiger partial charge >= 0.3 is 12.0 Å². The molecule has 0 aliphatic carbocycles. The molecular formula is C31H28ClF3N6O3S. The van der Waals surface area contributed by atoms with Crippen LogP contribution in [0.2, 0.25) is 5.02 Å². The van der Waals surface area contributed by atoms with E-state index in [9.17, 15) is 23.9 Å². The highest BCUT2D eigenvalue weighted by Crippen LogP contribution is 2.46. The molecule has 3 fully saturated rings. The zero-order valence-electron chi connectivity index (χ0n) is 24.0. The van der Waals surface area contributed by atoms with Gasteiger partial charge in [-0.2, -0.15) is 15.2 Å². The first-order chi connectivity index (χ1) is 21.6. The average Bonchev–Trinajstić information content (AvgIpc) is 3.66. The fourth-order valence-electron chi connectivity index (χ4n) is 7.21. The van der Waals surface area contributed by atoms with E-state index in [-0.39, 0.29) is 60.3 Å². The number of thiophene rings is 1. The Balaban J connectivity index is 1.37. The predicted octanol–water partition coefficient (Wildman–Crippen LogP) is 6.15. The molecule has 0 saturated carbocycles. The number of ether oxygens (including phenoxy) is 1. The summed E-state index contributed by atoms with van der Waals surface area (Å²) < 4.78 is 52.3. The van der Waals surface area contributed by atoms with E-state index in [0.717, 1.165) is 30.7 Å². The fraction of sp³-hybridized carbons (Fsp3) is 0.419. The number of anilines is 2. The molecule has 0 bridgehead atoms. The van der Waals surface area contributed by atoms with Crippen LogP contribution in [0.3, 0.4) is 0 Å². The van der Waals surface area contributed by atoms with Crippen molar-refractivity contribution in [3.05, 3.63) is 40.4 Å². The first-order valence-electron chi connectivity index (χ1n) is 14.7. The molecule has 3 N–H and O–H groups in total. The third kappa shape index (κ3) is 4.90. The van der Waals surface area contributed by atoms with Crippen molar-refractivity contribution in [2.45, 2.75) is 43.8 Å². The molecule has 2 aromatic heterocycles. The number of piperidine rings is 1. The Kier molecular flexibility index (Phi) is 7.42. The zero-order valence-corrected chi connectivity index (χ0v) is 25.5. The third-order valence-corrected chi connectivity index (χ3v) is 10.7. The lowest BCUT2D eigenvalue weighted by Gasteiger charge is -2.33. The minimum Gasteiger partial charge on any atom is -0.481 e. The summed E-state index contributed by atoms with van der Waals surface area (Å²) in [6.07, 6.45) is 1.78. The van der Waals surface area contributed by atoms with Crippen molar-refractivity contribution >= 4 is 60.7 Å². The molecule has 234 valence electrons. The Bertz CT molecular complexity index is 1910. The number of hydrogen-bond acceptors (Lipinski definition) is 9. The zero-order chi connectivity index (χ0) is 31.6. The molecule has 0 unspecified atom stereocenters. The number of nitriles is 1. The molecular weight excluding hydrogens is 629 g/mol. The highest BCUT2D eigenvalue weighted by molar-refractivity contribution is 7.23. The molecule has 0 amide bonds.